The number of aromatic nitrogens is 6. The van der Waals surface area contributed by atoms with E-state index in [-0.39, 0.29) is 6.04 Å². The Hall–Kier alpha value is -3.48. The van der Waals surface area contributed by atoms with Crippen molar-refractivity contribution in [1.29, 1.82) is 0 Å². The molecule has 9 nitrogen and oxygen atoms in total. The number of aromatic amines is 1. The Morgan fingerprint density at radius 2 is 1.86 bits per heavy atom. The Morgan fingerprint density at radius 1 is 1.08 bits per heavy atom. The zero-order valence-electron chi connectivity index (χ0n) is 19.7. The molecule has 3 N–H and O–H groups in total. The molecule has 0 aromatic carbocycles. The van der Waals surface area contributed by atoms with Crippen LogP contribution < -0.4 is 10.6 Å². The summed E-state index contributed by atoms with van der Waals surface area (Å²) in [7, 11) is 1.74. The number of hydrogen-bond acceptors (Lipinski definition) is 7. The summed E-state index contributed by atoms with van der Waals surface area (Å²) in [5.41, 5.74) is 2.79. The minimum absolute atomic E-state index is 0.0431. The number of hydrogen-bond donors (Lipinski definition) is 3. The zero-order valence-corrected chi connectivity index (χ0v) is 19.7. The fraction of sp³-hybridized carbons (Fsp3) is 0.478. The van der Waals surface area contributed by atoms with E-state index in [0.717, 1.165) is 5.56 Å². The van der Waals surface area contributed by atoms with Crippen molar-refractivity contribution in [2.24, 2.45) is 0 Å². The quantitative estimate of drug-likeness (QED) is 0.291. The maximum Gasteiger partial charge on any atom is 0.345 e. The number of fused-ring (bicyclic) bond motifs is 2. The molecule has 1 aliphatic rings. The van der Waals surface area contributed by atoms with Gasteiger partial charge < -0.3 is 24.9 Å². The second-order valence-electron chi connectivity index (χ2n) is 8.79. The van der Waals surface area contributed by atoms with Crippen molar-refractivity contribution in [2.75, 3.05) is 17.7 Å². The van der Waals surface area contributed by atoms with Crippen molar-refractivity contribution in [3.05, 3.63) is 24.2 Å². The molecule has 1 saturated carbocycles. The summed E-state index contributed by atoms with van der Waals surface area (Å²) in [6.45, 7) is -1.56. The number of rotatable bonds is 8. The van der Waals surface area contributed by atoms with Crippen molar-refractivity contribution in [3.63, 3.8) is 0 Å². The lowest BCUT2D eigenvalue weighted by Gasteiger charge is -2.28. The van der Waals surface area contributed by atoms with Crippen LogP contribution in [0.25, 0.3) is 33.5 Å². The first-order valence-corrected chi connectivity index (χ1v) is 11.7. The summed E-state index contributed by atoms with van der Waals surface area (Å²) in [5, 5.41) is 7.10. The van der Waals surface area contributed by atoms with Gasteiger partial charge in [0.1, 0.15) is 22.8 Å². The van der Waals surface area contributed by atoms with E-state index in [9.17, 15) is 17.6 Å². The van der Waals surface area contributed by atoms with Gasteiger partial charge in [-0.15, -0.1) is 0 Å². The Kier molecular flexibility index (Phi) is 6.65. The van der Waals surface area contributed by atoms with Gasteiger partial charge in [-0.2, -0.15) is 18.7 Å². The van der Waals surface area contributed by atoms with Gasteiger partial charge >= 0.3 is 6.61 Å². The summed E-state index contributed by atoms with van der Waals surface area (Å²) in [4.78, 5) is 21.3. The number of aryl methyl sites for hydroxylation is 1. The molecule has 36 heavy (non-hydrogen) atoms. The van der Waals surface area contributed by atoms with E-state index in [1.807, 2.05) is 0 Å². The molecule has 5 rings (SSSR count). The van der Waals surface area contributed by atoms with E-state index in [1.165, 1.54) is 4.57 Å². The second-order valence-corrected chi connectivity index (χ2v) is 8.79. The van der Waals surface area contributed by atoms with Crippen molar-refractivity contribution in [1.82, 2.24) is 29.5 Å². The predicted molar refractivity (Wildman–Crippen MR) is 127 cm³/mol. The first kappa shape index (κ1) is 24.2. The number of pyridine rings is 1. The maximum atomic E-state index is 13.1. The smallest absolute Gasteiger partial charge is 0.345 e. The number of halogens is 4. The largest absolute Gasteiger partial charge is 0.372 e. The number of nitrogens with zero attached hydrogens (tertiary/aromatic N) is 5. The molecular weight excluding hydrogens is 480 g/mol. The lowest BCUT2D eigenvalue weighted by Crippen LogP contribution is -2.31. The van der Waals surface area contributed by atoms with Crippen LogP contribution in [-0.4, -0.2) is 61.7 Å². The molecule has 4 aromatic heterocycles. The lowest BCUT2D eigenvalue weighted by atomic mass is 9.93. The van der Waals surface area contributed by atoms with Gasteiger partial charge in [-0.05, 0) is 44.7 Å². The van der Waals surface area contributed by atoms with Crippen LogP contribution >= 0.6 is 0 Å². The zero-order chi connectivity index (χ0) is 25.4. The predicted octanol–water partition coefficient (Wildman–Crippen LogP) is 4.95. The van der Waals surface area contributed by atoms with E-state index in [1.54, 1.807) is 32.3 Å². The van der Waals surface area contributed by atoms with E-state index < -0.39 is 25.7 Å². The fourth-order valence-electron chi connectivity index (χ4n) is 4.77. The molecular formula is C23H26F4N8O. The molecule has 1 aliphatic carbocycles. The molecule has 0 aliphatic heterocycles. The highest BCUT2D eigenvalue weighted by molar-refractivity contribution is 6.01. The molecule has 192 valence electrons. The van der Waals surface area contributed by atoms with E-state index >= 15 is 0 Å². The third-order valence-corrected chi connectivity index (χ3v) is 6.45. The topological polar surface area (TPSA) is 106 Å². The summed E-state index contributed by atoms with van der Waals surface area (Å²) in [6, 6.07) is 3.59. The molecule has 0 amide bonds. The van der Waals surface area contributed by atoms with Crippen molar-refractivity contribution >= 4 is 34.0 Å². The minimum Gasteiger partial charge on any atom is -0.372 e. The Balaban J connectivity index is 1.43. The lowest BCUT2D eigenvalue weighted by molar-refractivity contribution is -0.169. The Labute approximate surface area is 203 Å². The molecule has 0 atom stereocenters. The van der Waals surface area contributed by atoms with Gasteiger partial charge in [0.15, 0.2) is 5.65 Å². The monoisotopic (exact) mass is 506 g/mol. The maximum absolute atomic E-state index is 13.1. The van der Waals surface area contributed by atoms with Gasteiger partial charge in [0, 0.05) is 24.8 Å². The van der Waals surface area contributed by atoms with Gasteiger partial charge in [0.05, 0.1) is 23.7 Å². The van der Waals surface area contributed by atoms with Crippen LogP contribution in [0.5, 0.6) is 0 Å². The molecule has 4 heterocycles. The molecule has 0 bridgehead atoms. The molecule has 0 radical (unpaired) electrons. The van der Waals surface area contributed by atoms with Crippen LogP contribution in [0.3, 0.4) is 0 Å². The van der Waals surface area contributed by atoms with Gasteiger partial charge in [0.25, 0.3) is 6.43 Å². The summed E-state index contributed by atoms with van der Waals surface area (Å²) >= 11 is 0. The van der Waals surface area contributed by atoms with Gasteiger partial charge in [-0.3, -0.25) is 0 Å². The first-order valence-electron chi connectivity index (χ1n) is 11.7. The first-order chi connectivity index (χ1) is 17.3. The van der Waals surface area contributed by atoms with Crippen LogP contribution in [0.4, 0.5) is 29.3 Å². The number of H-pyrrole nitrogens is 1. The summed E-state index contributed by atoms with van der Waals surface area (Å²) in [6.07, 6.45) is 1.19. The second kappa shape index (κ2) is 9.88. The number of ether oxygens (including phenoxy) is 1. The summed E-state index contributed by atoms with van der Waals surface area (Å²) in [5.74, 6) is 1.44. The highest BCUT2D eigenvalue weighted by Gasteiger charge is 2.25. The highest BCUT2D eigenvalue weighted by Crippen LogP contribution is 2.34. The standard InChI is InChI=1S/C23H26F4N8O/c1-11-30-16-8-7-15(32-21(16)35(11)10-17(24)25)14-9-29-20-18(14)19(28-2)33-23(34-20)31-12-3-5-13(6-4-12)36-22(26)27/h7-9,12-13,17,22H,3-6,10H2,1-2H3,(H3,28,29,31,33,34)/t12-,13-. The molecule has 0 saturated heterocycles. The fourth-order valence-corrected chi connectivity index (χ4v) is 4.77. The average molecular weight is 507 g/mol. The average Bonchev–Trinajstić information content (AvgIpc) is 3.40. The third kappa shape index (κ3) is 4.79. The molecule has 13 heteroatoms. The van der Waals surface area contributed by atoms with E-state index in [0.29, 0.717) is 71.2 Å². The van der Waals surface area contributed by atoms with Crippen LogP contribution in [0.1, 0.15) is 31.5 Å². The minimum atomic E-state index is -2.75. The van der Waals surface area contributed by atoms with Gasteiger partial charge in [0.2, 0.25) is 5.95 Å². The summed E-state index contributed by atoms with van der Waals surface area (Å²) < 4.78 is 57.2. The van der Waals surface area contributed by atoms with Crippen molar-refractivity contribution in [2.45, 2.75) is 64.3 Å². The van der Waals surface area contributed by atoms with Crippen LogP contribution in [0, 0.1) is 6.92 Å². The SMILES string of the molecule is CNc1nc(N[C@H]2CC[C@H](OC(F)F)CC2)nc2[nH]cc(-c3ccc4nc(C)n(CC(F)F)c4n3)c12. The van der Waals surface area contributed by atoms with E-state index in [4.69, 9.17) is 0 Å². The van der Waals surface area contributed by atoms with Gasteiger partial charge in [-0.25, -0.2) is 18.7 Å². The number of nitrogens with one attached hydrogen (secondary N) is 3. The molecule has 0 unspecified atom stereocenters. The third-order valence-electron chi connectivity index (χ3n) is 6.45. The van der Waals surface area contributed by atoms with Crippen molar-refractivity contribution < 1.29 is 22.3 Å². The normalized spacial score (nSPS) is 18.6. The molecule has 4 aromatic rings. The van der Waals surface area contributed by atoms with Crippen LogP contribution in [0.15, 0.2) is 18.3 Å². The molecule has 0 spiro atoms. The number of alkyl halides is 4. The number of imidazole rings is 1. The molecule has 1 fully saturated rings. The Morgan fingerprint density at radius 3 is 2.56 bits per heavy atom. The van der Waals surface area contributed by atoms with E-state index in [2.05, 4.69) is 40.3 Å². The highest BCUT2D eigenvalue weighted by atomic mass is 19.3. The van der Waals surface area contributed by atoms with Crippen molar-refractivity contribution in [3.8, 4) is 11.3 Å². The van der Waals surface area contributed by atoms with Gasteiger partial charge in [-0.1, -0.05) is 0 Å². The van der Waals surface area contributed by atoms with Crippen LogP contribution in [-0.2, 0) is 11.3 Å². The van der Waals surface area contributed by atoms with Crippen LogP contribution in [0.2, 0.25) is 0 Å². The number of anilines is 2. The Bertz CT molecular complexity index is 1360.